The molecular formula is C12H16FNO5S. The molecule has 0 radical (unpaired) electrons. The fraction of sp³-hybridized carbons (Fsp3) is 0.417. The van der Waals surface area contributed by atoms with Gasteiger partial charge in [-0.2, -0.15) is 0 Å². The maximum absolute atomic E-state index is 13.5. The second kappa shape index (κ2) is 6.67. The van der Waals surface area contributed by atoms with Crippen LogP contribution in [0.25, 0.3) is 0 Å². The van der Waals surface area contributed by atoms with E-state index in [2.05, 4.69) is 4.72 Å². The van der Waals surface area contributed by atoms with E-state index in [0.29, 0.717) is 0 Å². The largest absolute Gasteiger partial charge is 0.494 e. The number of benzene rings is 1. The number of nitrogens with one attached hydrogen (secondary N) is 1. The number of aliphatic carboxylic acids is 1. The minimum atomic E-state index is -3.89. The smallest absolute Gasteiger partial charge is 0.303 e. The van der Waals surface area contributed by atoms with Crippen LogP contribution in [-0.2, 0) is 14.8 Å². The van der Waals surface area contributed by atoms with Crippen LogP contribution in [-0.4, -0.2) is 32.6 Å². The third-order valence-electron chi connectivity index (χ3n) is 2.58. The van der Waals surface area contributed by atoms with Crippen molar-refractivity contribution in [2.45, 2.75) is 30.7 Å². The van der Waals surface area contributed by atoms with Crippen LogP contribution in [0.1, 0.15) is 19.8 Å². The second-order valence-electron chi connectivity index (χ2n) is 4.25. The first-order valence-corrected chi connectivity index (χ1v) is 7.32. The van der Waals surface area contributed by atoms with E-state index >= 15 is 0 Å². The summed E-state index contributed by atoms with van der Waals surface area (Å²) in [7, 11) is -2.62. The van der Waals surface area contributed by atoms with Crippen molar-refractivity contribution in [2.24, 2.45) is 0 Å². The standard InChI is InChI=1S/C12H16FNO5S/c1-8(3-6-12(15)16)14-20(17,18)9-4-5-11(19-2)10(13)7-9/h4-5,7-8,14H,3,6H2,1-2H3,(H,15,16). The first-order chi connectivity index (χ1) is 9.26. The Labute approximate surface area is 116 Å². The molecule has 1 aromatic rings. The van der Waals surface area contributed by atoms with Crippen molar-refractivity contribution in [1.82, 2.24) is 4.72 Å². The zero-order chi connectivity index (χ0) is 15.3. The summed E-state index contributed by atoms with van der Waals surface area (Å²) in [6.07, 6.45) is -0.00609. The number of sulfonamides is 1. The SMILES string of the molecule is COc1ccc(S(=O)(=O)NC(C)CCC(=O)O)cc1F. The Kier molecular flexibility index (Phi) is 5.46. The number of rotatable bonds is 7. The summed E-state index contributed by atoms with van der Waals surface area (Å²) in [5.74, 6) is -1.84. The van der Waals surface area contributed by atoms with Crippen molar-refractivity contribution in [3.63, 3.8) is 0 Å². The van der Waals surface area contributed by atoms with E-state index in [1.807, 2.05) is 0 Å². The molecular weight excluding hydrogens is 289 g/mol. The van der Waals surface area contributed by atoms with Gasteiger partial charge in [-0.25, -0.2) is 17.5 Å². The van der Waals surface area contributed by atoms with E-state index in [1.165, 1.54) is 19.2 Å². The predicted octanol–water partition coefficient (Wildman–Crippen LogP) is 1.37. The summed E-state index contributed by atoms with van der Waals surface area (Å²) in [6.45, 7) is 1.54. The van der Waals surface area contributed by atoms with Crippen LogP contribution in [0.4, 0.5) is 4.39 Å². The molecule has 0 aliphatic carbocycles. The molecule has 1 atom stereocenters. The first-order valence-electron chi connectivity index (χ1n) is 5.84. The highest BCUT2D eigenvalue weighted by Crippen LogP contribution is 2.20. The summed E-state index contributed by atoms with van der Waals surface area (Å²) >= 11 is 0. The minimum absolute atomic E-state index is 0.0529. The Balaban J connectivity index is 2.83. The first kappa shape index (κ1) is 16.4. The van der Waals surface area contributed by atoms with E-state index in [9.17, 15) is 17.6 Å². The molecule has 0 heterocycles. The molecule has 1 rings (SSSR count). The van der Waals surface area contributed by atoms with Gasteiger partial charge in [-0.05, 0) is 31.5 Å². The van der Waals surface area contributed by atoms with Crippen LogP contribution in [0.2, 0.25) is 0 Å². The van der Waals surface area contributed by atoms with Gasteiger partial charge in [0.05, 0.1) is 12.0 Å². The molecule has 20 heavy (non-hydrogen) atoms. The number of halogens is 1. The molecule has 0 aliphatic rings. The van der Waals surface area contributed by atoms with E-state index in [4.69, 9.17) is 9.84 Å². The Morgan fingerprint density at radius 1 is 1.50 bits per heavy atom. The molecule has 0 saturated heterocycles. The predicted molar refractivity (Wildman–Crippen MR) is 69.6 cm³/mol. The molecule has 0 bridgehead atoms. The normalized spacial score (nSPS) is 12.9. The summed E-state index contributed by atoms with van der Waals surface area (Å²) < 4.78 is 44.4. The number of carbonyl (C=O) groups is 1. The van der Waals surface area contributed by atoms with Crippen molar-refractivity contribution >= 4 is 16.0 Å². The highest BCUT2D eigenvalue weighted by atomic mass is 32.2. The Morgan fingerprint density at radius 2 is 2.15 bits per heavy atom. The van der Waals surface area contributed by atoms with E-state index < -0.39 is 27.9 Å². The van der Waals surface area contributed by atoms with Crippen LogP contribution in [0, 0.1) is 5.82 Å². The number of methoxy groups -OCH3 is 1. The van der Waals surface area contributed by atoms with Crippen molar-refractivity contribution in [3.8, 4) is 5.75 Å². The lowest BCUT2D eigenvalue weighted by atomic mass is 10.2. The molecule has 0 spiro atoms. The van der Waals surface area contributed by atoms with E-state index in [-0.39, 0.29) is 23.5 Å². The van der Waals surface area contributed by atoms with Gasteiger partial charge in [0.1, 0.15) is 0 Å². The third-order valence-corrected chi connectivity index (χ3v) is 4.17. The number of ether oxygens (including phenoxy) is 1. The lowest BCUT2D eigenvalue weighted by molar-refractivity contribution is -0.137. The monoisotopic (exact) mass is 305 g/mol. The quantitative estimate of drug-likeness (QED) is 0.793. The zero-order valence-corrected chi connectivity index (χ0v) is 11.9. The summed E-state index contributed by atoms with van der Waals surface area (Å²) in [6, 6.07) is 2.71. The Hall–Kier alpha value is -1.67. The maximum atomic E-state index is 13.5. The number of hydrogen-bond acceptors (Lipinski definition) is 4. The fourth-order valence-electron chi connectivity index (χ4n) is 1.55. The zero-order valence-electron chi connectivity index (χ0n) is 11.1. The highest BCUT2D eigenvalue weighted by molar-refractivity contribution is 7.89. The molecule has 8 heteroatoms. The average molecular weight is 305 g/mol. The maximum Gasteiger partial charge on any atom is 0.303 e. The topological polar surface area (TPSA) is 92.7 Å². The van der Waals surface area contributed by atoms with Gasteiger partial charge in [-0.1, -0.05) is 0 Å². The van der Waals surface area contributed by atoms with Gasteiger partial charge in [0, 0.05) is 12.5 Å². The van der Waals surface area contributed by atoms with Crippen molar-refractivity contribution in [2.75, 3.05) is 7.11 Å². The summed E-state index contributed by atoms with van der Waals surface area (Å²) in [4.78, 5) is 10.2. The van der Waals surface area contributed by atoms with E-state index in [0.717, 1.165) is 6.07 Å². The molecule has 112 valence electrons. The summed E-state index contributed by atoms with van der Waals surface area (Å²) in [5.41, 5.74) is 0. The Morgan fingerprint density at radius 3 is 2.65 bits per heavy atom. The molecule has 2 N–H and O–H groups in total. The molecule has 1 aromatic carbocycles. The second-order valence-corrected chi connectivity index (χ2v) is 5.97. The number of carboxylic acids is 1. The number of hydrogen-bond donors (Lipinski definition) is 2. The fourth-order valence-corrected chi connectivity index (χ4v) is 2.84. The van der Waals surface area contributed by atoms with Gasteiger partial charge < -0.3 is 9.84 Å². The van der Waals surface area contributed by atoms with Gasteiger partial charge in [-0.3, -0.25) is 4.79 Å². The van der Waals surface area contributed by atoms with Gasteiger partial charge in [0.2, 0.25) is 10.0 Å². The molecule has 0 aromatic heterocycles. The average Bonchev–Trinajstić information content (AvgIpc) is 2.35. The lowest BCUT2D eigenvalue weighted by Gasteiger charge is -2.13. The van der Waals surface area contributed by atoms with Crippen LogP contribution in [0.3, 0.4) is 0 Å². The Bertz CT molecular complexity index is 588. The van der Waals surface area contributed by atoms with Gasteiger partial charge in [-0.15, -0.1) is 0 Å². The molecule has 0 saturated carbocycles. The van der Waals surface area contributed by atoms with Gasteiger partial charge >= 0.3 is 5.97 Å². The van der Waals surface area contributed by atoms with Crippen LogP contribution >= 0.6 is 0 Å². The van der Waals surface area contributed by atoms with Crippen molar-refractivity contribution in [1.29, 1.82) is 0 Å². The minimum Gasteiger partial charge on any atom is -0.494 e. The molecule has 0 aliphatic heterocycles. The summed E-state index contributed by atoms with van der Waals surface area (Å²) in [5, 5.41) is 8.53. The molecule has 1 unspecified atom stereocenters. The van der Waals surface area contributed by atoms with Crippen molar-refractivity contribution in [3.05, 3.63) is 24.0 Å². The third kappa shape index (κ3) is 4.46. The van der Waals surface area contributed by atoms with Crippen molar-refractivity contribution < 1.29 is 27.4 Å². The van der Waals surface area contributed by atoms with Gasteiger partial charge in [0.15, 0.2) is 11.6 Å². The van der Waals surface area contributed by atoms with E-state index in [1.54, 1.807) is 6.92 Å². The molecule has 0 fully saturated rings. The van der Waals surface area contributed by atoms with Crippen LogP contribution in [0.15, 0.2) is 23.1 Å². The lowest BCUT2D eigenvalue weighted by Crippen LogP contribution is -2.33. The van der Waals surface area contributed by atoms with Gasteiger partial charge in [0.25, 0.3) is 0 Å². The number of carboxylic acid groups (broad SMARTS) is 1. The van der Waals surface area contributed by atoms with Crippen LogP contribution in [0.5, 0.6) is 5.75 Å². The molecule has 6 nitrogen and oxygen atoms in total. The van der Waals surface area contributed by atoms with Crippen LogP contribution < -0.4 is 9.46 Å². The highest BCUT2D eigenvalue weighted by Gasteiger charge is 2.19. The molecule has 0 amide bonds.